The zero-order valence-corrected chi connectivity index (χ0v) is 25.3. The molecule has 2 aliphatic rings. The molecule has 0 unspecified atom stereocenters. The summed E-state index contributed by atoms with van der Waals surface area (Å²) in [4.78, 5) is 61.7. The van der Waals surface area contributed by atoms with Gasteiger partial charge in [0, 0.05) is 22.1 Å². The Balaban J connectivity index is 0.000000177. The van der Waals surface area contributed by atoms with Crippen LogP contribution in [0.1, 0.15) is 22.8 Å². The molecule has 1 aromatic carbocycles. The Labute approximate surface area is 243 Å². The number of fused-ring (bicyclic) bond motifs is 8. The van der Waals surface area contributed by atoms with Crippen LogP contribution in [0.2, 0.25) is 0 Å². The van der Waals surface area contributed by atoms with Crippen LogP contribution in [0.3, 0.4) is 0 Å². The van der Waals surface area contributed by atoms with E-state index < -0.39 is 36.0 Å². The number of aromatic amines is 2. The molecule has 8 bridgehead atoms. The fraction of sp³-hybridized carbons (Fsp3) is 0. The van der Waals surface area contributed by atoms with Crippen LogP contribution in [-0.4, -0.2) is 58.6 Å². The Morgan fingerprint density at radius 3 is 1.07 bits per heavy atom. The van der Waals surface area contributed by atoms with Crippen LogP contribution >= 0.6 is 0 Å². The molecule has 0 amide bonds. The third-order valence-corrected chi connectivity index (χ3v) is 22.7. The standard InChI is InChI=1S/C20H14N4.C6H5.4CHO2.Zn/c1-2-14-10-16-5-6-18(23-16)12-20-8-7-19(24-20)11-17-4-3-15(22-17)9-13(1)21-14;1-2-4-6-5-3-1;4*2-1-3;/h1-12,21,24H;1-5H;4*(H,2,3);. The van der Waals surface area contributed by atoms with Crippen LogP contribution in [0, 0.1) is 0 Å². The molecule has 0 atom stereocenters. The van der Waals surface area contributed by atoms with Crippen molar-refractivity contribution in [3.05, 3.63) is 102 Å². The van der Waals surface area contributed by atoms with Gasteiger partial charge in [0.05, 0.1) is 22.8 Å². The SMILES string of the molecule is C1=Cc2cc3ccc(cc4nc(cc5ccc(cc1n2)[nH]5)C=C4)[nH]3.O=[C](O)[Zn]([C](=O)O)([C](=O)O)([C](=O)O)[c]1ccccc1. The summed E-state index contributed by atoms with van der Waals surface area (Å²) >= 11 is -7.58. The molecular formula is C30H23N4O8Zn. The van der Waals surface area contributed by atoms with Crippen molar-refractivity contribution in [1.29, 1.82) is 0 Å². The Morgan fingerprint density at radius 1 is 0.488 bits per heavy atom. The Hall–Kier alpha value is -5.68. The van der Waals surface area contributed by atoms with E-state index in [9.17, 15) is 39.6 Å². The normalized spacial score (nSPS) is 12.2. The van der Waals surface area contributed by atoms with Gasteiger partial charge in [-0.2, -0.15) is 0 Å². The number of benzene rings is 1. The predicted octanol–water partition coefficient (Wildman–Crippen LogP) is 6.37. The number of H-pyrrole nitrogens is 2. The molecular weight excluding hydrogens is 610 g/mol. The second kappa shape index (κ2) is 11.0. The first-order chi connectivity index (χ1) is 20.5. The monoisotopic (exact) mass is 631 g/mol. The molecule has 6 N–H and O–H groups in total. The van der Waals surface area contributed by atoms with Crippen LogP contribution in [0.5, 0.6) is 0 Å². The summed E-state index contributed by atoms with van der Waals surface area (Å²) in [6, 6.07) is 22.0. The summed E-state index contributed by atoms with van der Waals surface area (Å²) in [5, 5.41) is 36.8. The van der Waals surface area contributed by atoms with Gasteiger partial charge in [0.2, 0.25) is 0 Å². The zero-order chi connectivity index (χ0) is 30.8. The van der Waals surface area contributed by atoms with Gasteiger partial charge in [-0.25, -0.2) is 9.97 Å². The molecule has 0 spiro atoms. The van der Waals surface area contributed by atoms with Gasteiger partial charge in [-0.3, -0.25) is 0 Å². The maximum atomic E-state index is 11.4. The van der Waals surface area contributed by atoms with Crippen molar-refractivity contribution in [1.82, 2.24) is 19.9 Å². The van der Waals surface area contributed by atoms with Crippen molar-refractivity contribution >= 4 is 68.8 Å². The van der Waals surface area contributed by atoms with Gasteiger partial charge in [-0.05, 0) is 72.8 Å². The van der Waals surface area contributed by atoms with Gasteiger partial charge in [0.15, 0.2) is 0 Å². The molecule has 12 nitrogen and oxygen atoms in total. The summed E-state index contributed by atoms with van der Waals surface area (Å²) in [5.74, 6) is 0. The van der Waals surface area contributed by atoms with E-state index in [0.717, 1.165) is 57.0 Å². The van der Waals surface area contributed by atoms with E-state index in [2.05, 4.69) is 44.2 Å². The van der Waals surface area contributed by atoms with Gasteiger partial charge >= 0.3 is 106 Å². The van der Waals surface area contributed by atoms with Crippen LogP contribution in [0.4, 0.5) is 19.2 Å². The van der Waals surface area contributed by atoms with Crippen molar-refractivity contribution < 1.29 is 53.2 Å². The van der Waals surface area contributed by atoms with E-state index in [4.69, 9.17) is 0 Å². The summed E-state index contributed by atoms with van der Waals surface area (Å²) in [7, 11) is 0. The molecule has 213 valence electrons. The van der Waals surface area contributed by atoms with Crippen molar-refractivity contribution in [2.45, 2.75) is 0 Å². The summed E-state index contributed by atoms with van der Waals surface area (Å²) in [6.45, 7) is 0. The predicted molar refractivity (Wildman–Crippen MR) is 157 cm³/mol. The van der Waals surface area contributed by atoms with E-state index in [1.165, 1.54) is 18.2 Å². The number of carboxylic acid groups (broad SMARTS) is 4. The topological polar surface area (TPSA) is 207 Å². The van der Waals surface area contributed by atoms with Crippen molar-refractivity contribution in [3.63, 3.8) is 0 Å². The third kappa shape index (κ3) is 4.81. The fourth-order valence-electron chi connectivity index (χ4n) is 5.37. The average molecular weight is 633 g/mol. The number of hydrogen-bond donors (Lipinski definition) is 6. The van der Waals surface area contributed by atoms with Gasteiger partial charge in [0.1, 0.15) is 0 Å². The molecule has 5 heterocycles. The van der Waals surface area contributed by atoms with Crippen molar-refractivity contribution in [3.8, 4) is 0 Å². The molecule has 6 rings (SSSR count). The summed E-state index contributed by atoms with van der Waals surface area (Å²) in [5.41, 5.74) is 7.86. The Morgan fingerprint density at radius 2 is 0.791 bits per heavy atom. The minimum atomic E-state index is -7.58. The number of rotatable bonds is 5. The van der Waals surface area contributed by atoms with E-state index in [1.54, 1.807) is 0 Å². The first-order valence-electron chi connectivity index (χ1n) is 13.2. The van der Waals surface area contributed by atoms with E-state index in [-0.39, 0.29) is 0 Å². The summed E-state index contributed by atoms with van der Waals surface area (Å²) < 4.78 is -9.86. The molecule has 3 aromatic heterocycles. The number of nitrogens with zero attached hydrogens (tertiary/aromatic N) is 2. The quantitative estimate of drug-likeness (QED) is 0.116. The Kier molecular flexibility index (Phi) is 7.35. The molecule has 2 aliphatic heterocycles. The number of hydrogen-bond acceptors (Lipinski definition) is 6. The second-order valence-corrected chi connectivity index (χ2v) is 24.9. The van der Waals surface area contributed by atoms with Gasteiger partial charge in [-0.1, -0.05) is 0 Å². The van der Waals surface area contributed by atoms with Gasteiger partial charge < -0.3 is 9.97 Å². The number of nitrogens with one attached hydrogen (secondary N) is 2. The van der Waals surface area contributed by atoms with Gasteiger partial charge in [-0.15, -0.1) is 0 Å². The number of aromatic nitrogens is 4. The molecule has 0 fully saturated rings. The molecule has 0 saturated carbocycles. The molecule has 43 heavy (non-hydrogen) atoms. The Bertz CT molecular complexity index is 1790. The van der Waals surface area contributed by atoms with Crippen molar-refractivity contribution in [2.24, 2.45) is 0 Å². The van der Waals surface area contributed by atoms with Crippen LogP contribution in [0.15, 0.2) is 78.9 Å². The van der Waals surface area contributed by atoms with E-state index >= 15 is 0 Å². The average Bonchev–Trinajstić information content (AvgIpc) is 3.76. The number of carbonyl (C=O) groups is 4. The molecule has 13 heteroatoms. The minimum absolute atomic E-state index is 0.670. The van der Waals surface area contributed by atoms with Crippen LogP contribution in [0.25, 0.3) is 46.4 Å². The first kappa shape index (κ1) is 28.8. The third-order valence-electron chi connectivity index (χ3n) is 8.12. The van der Waals surface area contributed by atoms with E-state index in [1.807, 2.05) is 48.6 Å². The summed E-state index contributed by atoms with van der Waals surface area (Å²) in [6.07, 6.45) is 8.09. The molecule has 0 saturated heterocycles. The van der Waals surface area contributed by atoms with Crippen LogP contribution < -0.4 is 4.16 Å². The fourth-order valence-corrected chi connectivity index (χ4v) is 14.1. The molecule has 0 radical (unpaired) electrons. The van der Waals surface area contributed by atoms with Crippen molar-refractivity contribution in [2.75, 3.05) is 0 Å². The van der Waals surface area contributed by atoms with Crippen LogP contribution in [-0.2, 0) is 13.6 Å². The first-order valence-corrected chi connectivity index (χ1v) is 20.7. The second-order valence-electron chi connectivity index (χ2n) is 10.7. The van der Waals surface area contributed by atoms with Gasteiger partial charge in [0.25, 0.3) is 0 Å². The zero-order valence-electron chi connectivity index (χ0n) is 22.3. The maximum absolute atomic E-state index is 11.4. The molecule has 0 aliphatic carbocycles. The van der Waals surface area contributed by atoms with E-state index in [0.29, 0.717) is 0 Å². The molecule has 4 aromatic rings.